The van der Waals surface area contributed by atoms with Crippen molar-refractivity contribution in [3.63, 3.8) is 0 Å². The maximum Gasteiger partial charge on any atom is 0.253 e. The van der Waals surface area contributed by atoms with Gasteiger partial charge in [0, 0.05) is 13.1 Å². The Balaban J connectivity index is 3.92. The first-order valence-electron chi connectivity index (χ1n) is 4.28. The van der Waals surface area contributed by atoms with E-state index in [1.165, 1.54) is 5.01 Å². The van der Waals surface area contributed by atoms with Crippen molar-refractivity contribution in [3.8, 4) is 0 Å². The van der Waals surface area contributed by atoms with Gasteiger partial charge in [0.1, 0.15) is 0 Å². The largest absolute Gasteiger partial charge is 0.320 e. The second-order valence-corrected chi connectivity index (χ2v) is 3.20. The van der Waals surface area contributed by atoms with Crippen LogP contribution in [0.4, 0.5) is 0 Å². The van der Waals surface area contributed by atoms with Crippen LogP contribution < -0.4 is 11.2 Å². The second kappa shape index (κ2) is 5.11. The molecule has 0 heterocycles. The van der Waals surface area contributed by atoms with Gasteiger partial charge in [0.15, 0.2) is 0 Å². The maximum absolute atomic E-state index is 11.3. The fourth-order valence-electron chi connectivity index (χ4n) is 0.874. The molecule has 1 unspecified atom stereocenters. The summed E-state index contributed by atoms with van der Waals surface area (Å²) in [6.45, 7) is 5.84. The number of hydrogen-bond donors (Lipinski definition) is 2. The molecule has 0 aliphatic heterocycles. The van der Waals surface area contributed by atoms with Gasteiger partial charge in [-0.2, -0.15) is 0 Å². The summed E-state index contributed by atoms with van der Waals surface area (Å²) in [5, 5.41) is 1.46. The lowest BCUT2D eigenvalue weighted by Gasteiger charge is -2.23. The van der Waals surface area contributed by atoms with Crippen LogP contribution in [0.1, 0.15) is 27.2 Å². The van der Waals surface area contributed by atoms with E-state index in [4.69, 9.17) is 5.73 Å². The van der Waals surface area contributed by atoms with E-state index in [9.17, 15) is 4.79 Å². The first-order valence-corrected chi connectivity index (χ1v) is 4.28. The van der Waals surface area contributed by atoms with Crippen LogP contribution in [0.25, 0.3) is 0 Å². The van der Waals surface area contributed by atoms with Crippen LogP contribution in [0.2, 0.25) is 0 Å². The molecule has 4 heteroatoms. The van der Waals surface area contributed by atoms with E-state index >= 15 is 0 Å². The van der Waals surface area contributed by atoms with Gasteiger partial charge in [0.2, 0.25) is 0 Å². The minimum absolute atomic E-state index is 0.0637. The molecular formula is C8H19N3O. The number of hydrogen-bond acceptors (Lipinski definition) is 3. The fourth-order valence-corrected chi connectivity index (χ4v) is 0.874. The number of hydrazine groups is 1. The summed E-state index contributed by atoms with van der Waals surface area (Å²) in [7, 11) is 1.69. The third kappa shape index (κ3) is 3.69. The average Bonchev–Trinajstić information content (AvgIpc) is 2.00. The zero-order valence-electron chi connectivity index (χ0n) is 8.29. The van der Waals surface area contributed by atoms with Gasteiger partial charge in [-0.15, -0.1) is 0 Å². The molecule has 0 radical (unpaired) electrons. The smallest absolute Gasteiger partial charge is 0.253 e. The Kier molecular flexibility index (Phi) is 4.85. The highest BCUT2D eigenvalue weighted by Gasteiger charge is 2.15. The van der Waals surface area contributed by atoms with Crippen molar-refractivity contribution in [2.45, 2.75) is 39.3 Å². The molecule has 0 saturated carbocycles. The summed E-state index contributed by atoms with van der Waals surface area (Å²) < 4.78 is 0. The predicted octanol–water partition coefficient (Wildman–Crippen LogP) is 0.0951. The maximum atomic E-state index is 11.3. The molecule has 4 nitrogen and oxygen atoms in total. The topological polar surface area (TPSA) is 58.4 Å². The van der Waals surface area contributed by atoms with Crippen molar-refractivity contribution in [1.82, 2.24) is 10.4 Å². The van der Waals surface area contributed by atoms with Gasteiger partial charge in [-0.3, -0.25) is 9.80 Å². The van der Waals surface area contributed by atoms with E-state index < -0.39 is 0 Å². The molecule has 0 aromatic rings. The van der Waals surface area contributed by atoms with Crippen LogP contribution in [0.15, 0.2) is 0 Å². The number of nitrogens with zero attached hydrogens (tertiary/aromatic N) is 1. The van der Waals surface area contributed by atoms with Gasteiger partial charge in [-0.05, 0) is 20.3 Å². The van der Waals surface area contributed by atoms with Gasteiger partial charge < -0.3 is 5.73 Å². The molecule has 0 saturated heterocycles. The van der Waals surface area contributed by atoms with Crippen molar-refractivity contribution in [1.29, 1.82) is 0 Å². The van der Waals surface area contributed by atoms with E-state index in [-0.39, 0.29) is 18.0 Å². The molecule has 0 rings (SSSR count). The molecule has 0 fully saturated rings. The number of nitrogens with two attached hydrogens (primary N) is 1. The molecule has 0 aromatic heterocycles. The minimum atomic E-state index is -0.388. The molecule has 0 aliphatic carbocycles. The zero-order chi connectivity index (χ0) is 9.72. The Morgan fingerprint density at radius 2 is 2.08 bits per heavy atom. The number of rotatable bonds is 4. The molecular weight excluding hydrogens is 154 g/mol. The Morgan fingerprint density at radius 3 is 2.42 bits per heavy atom. The van der Waals surface area contributed by atoms with Gasteiger partial charge in [0.25, 0.3) is 5.91 Å². The highest BCUT2D eigenvalue weighted by Crippen LogP contribution is 1.92. The van der Waals surface area contributed by atoms with Crippen molar-refractivity contribution >= 4 is 5.91 Å². The normalized spacial score (nSPS) is 13.2. The van der Waals surface area contributed by atoms with Crippen LogP contribution in [-0.4, -0.2) is 30.0 Å². The third-order valence-corrected chi connectivity index (χ3v) is 1.54. The fraction of sp³-hybridized carbons (Fsp3) is 0.875. The van der Waals surface area contributed by atoms with E-state index in [1.807, 2.05) is 20.8 Å². The number of carbonyl (C=O) groups excluding carboxylic acids is 1. The predicted molar refractivity (Wildman–Crippen MR) is 49.3 cm³/mol. The number of nitrogens with one attached hydrogen (secondary N) is 1. The average molecular weight is 173 g/mol. The summed E-state index contributed by atoms with van der Waals surface area (Å²) in [6.07, 6.45) is 0.670. The van der Waals surface area contributed by atoms with Crippen LogP contribution in [0.5, 0.6) is 0 Å². The van der Waals surface area contributed by atoms with Crippen molar-refractivity contribution in [2.75, 3.05) is 7.05 Å². The van der Waals surface area contributed by atoms with Gasteiger partial charge in [0.05, 0.1) is 6.04 Å². The van der Waals surface area contributed by atoms with Gasteiger partial charge in [-0.1, -0.05) is 6.92 Å². The summed E-state index contributed by atoms with van der Waals surface area (Å²) in [5.41, 5.74) is 8.52. The number of amides is 1. The van der Waals surface area contributed by atoms with Crippen molar-refractivity contribution < 1.29 is 4.79 Å². The van der Waals surface area contributed by atoms with Crippen LogP contribution in [0.3, 0.4) is 0 Å². The Hall–Kier alpha value is -0.610. The van der Waals surface area contributed by atoms with E-state index in [2.05, 4.69) is 5.43 Å². The van der Waals surface area contributed by atoms with Gasteiger partial charge in [-0.25, -0.2) is 5.43 Å². The highest BCUT2D eigenvalue weighted by atomic mass is 16.2. The second-order valence-electron chi connectivity index (χ2n) is 3.20. The summed E-state index contributed by atoms with van der Waals surface area (Å²) in [4.78, 5) is 11.3. The van der Waals surface area contributed by atoms with Gasteiger partial charge >= 0.3 is 0 Å². The van der Waals surface area contributed by atoms with Crippen molar-refractivity contribution in [2.24, 2.45) is 5.73 Å². The highest BCUT2D eigenvalue weighted by molar-refractivity contribution is 5.80. The van der Waals surface area contributed by atoms with Crippen molar-refractivity contribution in [3.05, 3.63) is 0 Å². The Labute approximate surface area is 74.1 Å². The monoisotopic (exact) mass is 173 g/mol. The third-order valence-electron chi connectivity index (χ3n) is 1.54. The Morgan fingerprint density at radius 1 is 1.58 bits per heavy atom. The summed E-state index contributed by atoms with van der Waals surface area (Å²) >= 11 is 0. The first-order chi connectivity index (χ1) is 5.49. The van der Waals surface area contributed by atoms with E-state index in [0.29, 0.717) is 6.42 Å². The van der Waals surface area contributed by atoms with Crippen LogP contribution >= 0.6 is 0 Å². The molecule has 0 bridgehead atoms. The quantitative estimate of drug-likeness (QED) is 0.593. The standard InChI is InChI=1S/C8H19N3O/c1-5-7(9)8(12)11(4)10-6(2)3/h6-7,10H,5,9H2,1-4H3. The molecule has 0 spiro atoms. The Bertz CT molecular complexity index is 147. The lowest BCUT2D eigenvalue weighted by Crippen LogP contribution is -2.50. The molecule has 1 amide bonds. The number of likely N-dealkylation sites (N-methyl/N-ethyl adjacent to an activating group) is 1. The van der Waals surface area contributed by atoms with Crippen LogP contribution in [-0.2, 0) is 4.79 Å². The molecule has 0 aliphatic rings. The first kappa shape index (κ1) is 11.4. The zero-order valence-corrected chi connectivity index (χ0v) is 8.29. The summed E-state index contributed by atoms with van der Waals surface area (Å²) in [6, 6.07) is -0.135. The lowest BCUT2D eigenvalue weighted by atomic mass is 10.2. The summed E-state index contributed by atoms with van der Waals surface area (Å²) in [5.74, 6) is -0.0637. The lowest BCUT2D eigenvalue weighted by molar-refractivity contribution is -0.134. The number of carbonyl (C=O) groups is 1. The molecule has 3 N–H and O–H groups in total. The van der Waals surface area contributed by atoms with E-state index in [0.717, 1.165) is 0 Å². The van der Waals surface area contributed by atoms with E-state index in [1.54, 1.807) is 7.05 Å². The SMILES string of the molecule is CCC(N)C(=O)N(C)NC(C)C. The molecule has 72 valence electrons. The molecule has 0 aromatic carbocycles. The van der Waals surface area contributed by atoms with Crippen LogP contribution in [0, 0.1) is 0 Å². The molecule has 1 atom stereocenters. The molecule has 12 heavy (non-hydrogen) atoms. The minimum Gasteiger partial charge on any atom is -0.320 e.